The van der Waals surface area contributed by atoms with Crippen molar-refractivity contribution < 1.29 is 4.79 Å². The van der Waals surface area contributed by atoms with Crippen molar-refractivity contribution in [3.63, 3.8) is 0 Å². The molecular formula is C14H12Br2N2O. The zero-order valence-electron chi connectivity index (χ0n) is 9.99. The summed E-state index contributed by atoms with van der Waals surface area (Å²) in [6.45, 7) is 0.468. The van der Waals surface area contributed by atoms with Gasteiger partial charge in [0.05, 0.1) is 0 Å². The third-order valence-corrected chi connectivity index (χ3v) is 4.15. The van der Waals surface area contributed by atoms with E-state index in [4.69, 9.17) is 5.73 Å². The van der Waals surface area contributed by atoms with E-state index >= 15 is 0 Å². The molecule has 0 fully saturated rings. The molecule has 0 unspecified atom stereocenters. The first kappa shape index (κ1) is 14.1. The predicted octanol–water partition coefficient (Wildman–Crippen LogP) is 3.72. The maximum Gasteiger partial charge on any atom is 0.251 e. The fourth-order valence-corrected chi connectivity index (χ4v) is 2.28. The lowest BCUT2D eigenvalue weighted by Crippen LogP contribution is -2.23. The van der Waals surface area contributed by atoms with Crippen molar-refractivity contribution in [1.82, 2.24) is 5.32 Å². The summed E-state index contributed by atoms with van der Waals surface area (Å²) in [4.78, 5) is 12.0. The first-order valence-electron chi connectivity index (χ1n) is 5.64. The minimum absolute atomic E-state index is 0.144. The maximum absolute atomic E-state index is 12.0. The number of nitrogen functional groups attached to an aromatic ring is 1. The molecule has 19 heavy (non-hydrogen) atoms. The molecule has 0 aromatic heterocycles. The summed E-state index contributed by atoms with van der Waals surface area (Å²) in [5.41, 5.74) is 7.88. The molecule has 98 valence electrons. The number of halogens is 2. The lowest BCUT2D eigenvalue weighted by Gasteiger charge is -2.08. The van der Waals surface area contributed by atoms with E-state index < -0.39 is 0 Å². The summed E-state index contributed by atoms with van der Waals surface area (Å²) in [6.07, 6.45) is 0. The van der Waals surface area contributed by atoms with E-state index in [1.54, 1.807) is 18.2 Å². The van der Waals surface area contributed by atoms with E-state index in [1.807, 2.05) is 24.3 Å². The number of benzene rings is 2. The molecule has 1 amide bonds. The zero-order valence-corrected chi connectivity index (χ0v) is 13.2. The number of rotatable bonds is 3. The molecule has 3 N–H and O–H groups in total. The van der Waals surface area contributed by atoms with Gasteiger partial charge in [0.2, 0.25) is 0 Å². The van der Waals surface area contributed by atoms with Gasteiger partial charge in [-0.05, 0) is 45.8 Å². The summed E-state index contributed by atoms with van der Waals surface area (Å²) >= 11 is 6.75. The van der Waals surface area contributed by atoms with E-state index in [-0.39, 0.29) is 5.91 Å². The van der Waals surface area contributed by atoms with E-state index in [2.05, 4.69) is 37.2 Å². The lowest BCUT2D eigenvalue weighted by molar-refractivity contribution is 0.0951. The van der Waals surface area contributed by atoms with Gasteiger partial charge in [-0.2, -0.15) is 0 Å². The van der Waals surface area contributed by atoms with Crippen LogP contribution in [0, 0.1) is 0 Å². The number of carbonyl (C=O) groups is 1. The Hall–Kier alpha value is -1.33. The maximum atomic E-state index is 12.0. The molecule has 0 saturated heterocycles. The van der Waals surface area contributed by atoms with Gasteiger partial charge in [0.1, 0.15) is 0 Å². The normalized spacial score (nSPS) is 10.2. The Bertz CT molecular complexity index is 614. The van der Waals surface area contributed by atoms with Crippen LogP contribution in [0.4, 0.5) is 5.69 Å². The van der Waals surface area contributed by atoms with Gasteiger partial charge in [0, 0.05) is 26.7 Å². The van der Waals surface area contributed by atoms with Crippen LogP contribution < -0.4 is 11.1 Å². The second-order valence-electron chi connectivity index (χ2n) is 4.01. The summed E-state index contributed by atoms with van der Waals surface area (Å²) in [6, 6.07) is 12.9. The Balaban J connectivity index is 2.05. The Labute approximate surface area is 128 Å². The molecule has 0 aliphatic heterocycles. The minimum atomic E-state index is -0.144. The molecule has 0 aliphatic rings. The fourth-order valence-electron chi connectivity index (χ4n) is 1.60. The molecule has 0 saturated carbocycles. The Morgan fingerprint density at radius 2 is 1.84 bits per heavy atom. The van der Waals surface area contributed by atoms with Crippen molar-refractivity contribution in [3.05, 3.63) is 62.5 Å². The SMILES string of the molecule is Nc1cc(C(=O)NCc2ccccc2Br)ccc1Br. The third kappa shape index (κ3) is 3.58. The van der Waals surface area contributed by atoms with Gasteiger partial charge < -0.3 is 11.1 Å². The quantitative estimate of drug-likeness (QED) is 0.793. The van der Waals surface area contributed by atoms with Gasteiger partial charge in [0.25, 0.3) is 5.91 Å². The van der Waals surface area contributed by atoms with Crippen molar-refractivity contribution in [2.45, 2.75) is 6.54 Å². The van der Waals surface area contributed by atoms with Gasteiger partial charge in [-0.3, -0.25) is 4.79 Å². The van der Waals surface area contributed by atoms with Crippen LogP contribution in [0.15, 0.2) is 51.4 Å². The van der Waals surface area contributed by atoms with Crippen molar-refractivity contribution in [2.24, 2.45) is 0 Å². The van der Waals surface area contributed by atoms with Gasteiger partial charge in [0.15, 0.2) is 0 Å². The number of hydrogen-bond acceptors (Lipinski definition) is 2. The largest absolute Gasteiger partial charge is 0.398 e. The number of nitrogens with two attached hydrogens (primary N) is 1. The molecule has 0 atom stereocenters. The van der Waals surface area contributed by atoms with Crippen LogP contribution in [-0.2, 0) is 6.54 Å². The molecule has 5 heteroatoms. The highest BCUT2D eigenvalue weighted by Gasteiger charge is 2.08. The molecule has 2 aromatic rings. The van der Waals surface area contributed by atoms with Crippen LogP contribution in [0.2, 0.25) is 0 Å². The Morgan fingerprint density at radius 3 is 2.53 bits per heavy atom. The standard InChI is InChI=1S/C14H12Br2N2O/c15-11-4-2-1-3-10(11)8-18-14(19)9-5-6-12(16)13(17)7-9/h1-7H,8,17H2,(H,18,19). The minimum Gasteiger partial charge on any atom is -0.398 e. The first-order chi connectivity index (χ1) is 9.08. The highest BCUT2D eigenvalue weighted by atomic mass is 79.9. The smallest absolute Gasteiger partial charge is 0.251 e. The molecule has 0 radical (unpaired) electrons. The first-order valence-corrected chi connectivity index (χ1v) is 7.23. The summed E-state index contributed by atoms with van der Waals surface area (Å²) in [5.74, 6) is -0.144. The van der Waals surface area contributed by atoms with Crippen LogP contribution >= 0.6 is 31.9 Å². The fraction of sp³-hybridized carbons (Fsp3) is 0.0714. The molecule has 0 aliphatic carbocycles. The molecular weight excluding hydrogens is 372 g/mol. The second kappa shape index (κ2) is 6.21. The van der Waals surface area contributed by atoms with Gasteiger partial charge in [-0.15, -0.1) is 0 Å². The van der Waals surface area contributed by atoms with Gasteiger partial charge >= 0.3 is 0 Å². The van der Waals surface area contributed by atoms with Crippen molar-refractivity contribution in [1.29, 1.82) is 0 Å². The number of hydrogen-bond donors (Lipinski definition) is 2. The molecule has 3 nitrogen and oxygen atoms in total. The average molecular weight is 384 g/mol. The van der Waals surface area contributed by atoms with Crippen LogP contribution in [0.1, 0.15) is 15.9 Å². The van der Waals surface area contributed by atoms with Gasteiger partial charge in [-0.1, -0.05) is 34.1 Å². The second-order valence-corrected chi connectivity index (χ2v) is 5.72. The zero-order chi connectivity index (χ0) is 13.8. The highest BCUT2D eigenvalue weighted by Crippen LogP contribution is 2.20. The molecule has 2 aromatic carbocycles. The predicted molar refractivity (Wildman–Crippen MR) is 83.9 cm³/mol. The molecule has 0 heterocycles. The topological polar surface area (TPSA) is 55.1 Å². The van der Waals surface area contributed by atoms with Crippen LogP contribution in [0.25, 0.3) is 0 Å². The summed E-state index contributed by atoms with van der Waals surface area (Å²) in [7, 11) is 0. The van der Waals surface area contributed by atoms with Crippen LogP contribution in [0.3, 0.4) is 0 Å². The summed E-state index contributed by atoms with van der Waals surface area (Å²) < 4.78 is 1.76. The number of amides is 1. The van der Waals surface area contributed by atoms with Crippen molar-refractivity contribution in [2.75, 3.05) is 5.73 Å². The third-order valence-electron chi connectivity index (χ3n) is 2.66. The van der Waals surface area contributed by atoms with Gasteiger partial charge in [-0.25, -0.2) is 0 Å². The monoisotopic (exact) mass is 382 g/mol. The van der Waals surface area contributed by atoms with Crippen LogP contribution in [-0.4, -0.2) is 5.91 Å². The molecule has 0 spiro atoms. The highest BCUT2D eigenvalue weighted by molar-refractivity contribution is 9.10. The molecule has 0 bridgehead atoms. The van der Waals surface area contributed by atoms with Crippen molar-refractivity contribution >= 4 is 43.5 Å². The van der Waals surface area contributed by atoms with E-state index in [0.29, 0.717) is 17.8 Å². The van der Waals surface area contributed by atoms with Crippen molar-refractivity contribution in [3.8, 4) is 0 Å². The number of carbonyl (C=O) groups excluding carboxylic acids is 1. The van der Waals surface area contributed by atoms with E-state index in [1.165, 1.54) is 0 Å². The Morgan fingerprint density at radius 1 is 1.11 bits per heavy atom. The van der Waals surface area contributed by atoms with Crippen LogP contribution in [0.5, 0.6) is 0 Å². The van der Waals surface area contributed by atoms with E-state index in [9.17, 15) is 4.79 Å². The molecule has 2 rings (SSSR count). The Kier molecular flexibility index (Phi) is 4.61. The summed E-state index contributed by atoms with van der Waals surface area (Å²) in [5, 5.41) is 2.86. The lowest BCUT2D eigenvalue weighted by atomic mass is 10.1. The number of anilines is 1. The number of nitrogens with one attached hydrogen (secondary N) is 1. The van der Waals surface area contributed by atoms with E-state index in [0.717, 1.165) is 14.5 Å². The average Bonchev–Trinajstić information content (AvgIpc) is 2.40.